The molecule has 0 saturated carbocycles. The van der Waals surface area contributed by atoms with Crippen molar-refractivity contribution < 1.29 is 17.6 Å². The number of aryl methyl sites for hydroxylation is 1. The van der Waals surface area contributed by atoms with Crippen molar-refractivity contribution in [3.05, 3.63) is 89.2 Å². The first-order chi connectivity index (χ1) is 14.4. The molecule has 6 nitrogen and oxygen atoms in total. The number of halogens is 2. The molecule has 2 heterocycles. The van der Waals surface area contributed by atoms with Crippen molar-refractivity contribution >= 4 is 33.0 Å². The molecule has 4 rings (SSSR count). The van der Waals surface area contributed by atoms with Gasteiger partial charge in [0.2, 0.25) is 15.6 Å². The van der Waals surface area contributed by atoms with E-state index in [2.05, 4.69) is 9.97 Å². The summed E-state index contributed by atoms with van der Waals surface area (Å²) < 4.78 is 41.2. The van der Waals surface area contributed by atoms with Crippen molar-refractivity contribution in [1.29, 1.82) is 0 Å². The highest BCUT2D eigenvalue weighted by atomic mass is 35.5. The van der Waals surface area contributed by atoms with Gasteiger partial charge < -0.3 is 0 Å². The molecule has 2 aromatic heterocycles. The largest absolute Gasteiger partial charge is 0.294 e. The van der Waals surface area contributed by atoms with E-state index in [1.165, 1.54) is 36.5 Å². The number of nitrogens with zero attached hydrogens (tertiary/aromatic N) is 3. The van der Waals surface area contributed by atoms with Gasteiger partial charge >= 0.3 is 0 Å². The van der Waals surface area contributed by atoms with Gasteiger partial charge in [-0.1, -0.05) is 29.8 Å². The summed E-state index contributed by atoms with van der Waals surface area (Å²) in [6.45, 7) is 0. The number of rotatable bonds is 6. The number of carbonyl (C=O) groups excluding carboxylic acids is 1. The number of imidazole rings is 1. The number of hydrogen-bond acceptors (Lipinski definition) is 5. The Hall–Kier alpha value is -3.10. The normalized spacial score (nSPS) is 11.7. The molecule has 0 unspecified atom stereocenters. The monoisotopic (exact) mass is 443 g/mol. The lowest BCUT2D eigenvalue weighted by atomic mass is 10.0. The molecule has 0 bridgehead atoms. The van der Waals surface area contributed by atoms with E-state index in [1.54, 1.807) is 35.1 Å². The molecule has 9 heteroatoms. The van der Waals surface area contributed by atoms with Gasteiger partial charge in [0.25, 0.3) is 0 Å². The van der Waals surface area contributed by atoms with E-state index in [9.17, 15) is 17.6 Å². The predicted octanol–water partition coefficient (Wildman–Crippen LogP) is 4.17. The van der Waals surface area contributed by atoms with E-state index in [0.717, 1.165) is 5.56 Å². The molecule has 0 atom stereocenters. The van der Waals surface area contributed by atoms with Gasteiger partial charge in [0.15, 0.2) is 11.6 Å². The van der Waals surface area contributed by atoms with Gasteiger partial charge in [0, 0.05) is 31.2 Å². The van der Waals surface area contributed by atoms with Crippen LogP contribution >= 0.6 is 11.6 Å². The quantitative estimate of drug-likeness (QED) is 0.418. The second kappa shape index (κ2) is 7.97. The zero-order valence-corrected chi connectivity index (χ0v) is 17.1. The van der Waals surface area contributed by atoms with Crippen molar-refractivity contribution in [3.8, 4) is 0 Å². The molecule has 0 spiro atoms. The first-order valence-corrected chi connectivity index (χ1v) is 10.8. The zero-order chi connectivity index (χ0) is 21.3. The Morgan fingerprint density at radius 1 is 1.10 bits per heavy atom. The molecule has 2 aromatic carbocycles. The van der Waals surface area contributed by atoms with Crippen LogP contribution in [0.25, 0.3) is 5.78 Å². The Morgan fingerprint density at radius 2 is 1.87 bits per heavy atom. The van der Waals surface area contributed by atoms with Crippen LogP contribution in [0.2, 0.25) is 5.02 Å². The average molecular weight is 444 g/mol. The van der Waals surface area contributed by atoms with Gasteiger partial charge in [-0.2, -0.15) is 0 Å². The lowest BCUT2D eigenvalue weighted by Crippen LogP contribution is -2.06. The third-order valence-electron chi connectivity index (χ3n) is 4.65. The molecular weight excluding hydrogens is 429 g/mol. The number of ketones is 1. The molecule has 0 saturated heterocycles. The summed E-state index contributed by atoms with van der Waals surface area (Å²) in [4.78, 5) is 20.1. The number of carbonyl (C=O) groups is 1. The van der Waals surface area contributed by atoms with Crippen LogP contribution in [0.1, 0.15) is 22.3 Å². The molecule has 0 radical (unpaired) electrons. The number of sulfone groups is 1. The van der Waals surface area contributed by atoms with Crippen molar-refractivity contribution in [3.63, 3.8) is 0 Å². The molecule has 0 aliphatic carbocycles. The van der Waals surface area contributed by atoms with Crippen LogP contribution in [-0.2, 0) is 16.3 Å². The van der Waals surface area contributed by atoms with E-state index in [0.29, 0.717) is 17.8 Å². The van der Waals surface area contributed by atoms with Gasteiger partial charge in [0.05, 0.1) is 15.5 Å². The van der Waals surface area contributed by atoms with Crippen LogP contribution in [-0.4, -0.2) is 28.6 Å². The smallest absolute Gasteiger partial charge is 0.233 e. The second-order valence-electron chi connectivity index (χ2n) is 6.60. The topological polar surface area (TPSA) is 81.4 Å². The van der Waals surface area contributed by atoms with Gasteiger partial charge in [-0.25, -0.2) is 22.8 Å². The van der Waals surface area contributed by atoms with Gasteiger partial charge in [0.1, 0.15) is 4.90 Å². The van der Waals surface area contributed by atoms with Crippen LogP contribution in [0.15, 0.2) is 77.0 Å². The lowest BCUT2D eigenvalue weighted by Gasteiger charge is -2.08. The maximum atomic E-state index is 14.2. The minimum absolute atomic E-state index is 0.0477. The van der Waals surface area contributed by atoms with Crippen LogP contribution in [0.3, 0.4) is 0 Å². The highest BCUT2D eigenvalue weighted by molar-refractivity contribution is 7.91. The maximum absolute atomic E-state index is 14.2. The third-order valence-corrected chi connectivity index (χ3v) is 6.73. The Balaban J connectivity index is 1.48. The van der Waals surface area contributed by atoms with Gasteiger partial charge in [-0.05, 0) is 36.2 Å². The Labute approximate surface area is 176 Å². The summed E-state index contributed by atoms with van der Waals surface area (Å²) in [5, 5.41) is -0.255. The summed E-state index contributed by atoms with van der Waals surface area (Å²) in [7, 11) is -4.04. The molecule has 0 fully saturated rings. The van der Waals surface area contributed by atoms with Crippen LogP contribution in [0.4, 0.5) is 4.39 Å². The van der Waals surface area contributed by atoms with E-state index < -0.39 is 20.5 Å². The molecular formula is C21H15ClFN3O3S. The zero-order valence-electron chi connectivity index (χ0n) is 15.5. The third kappa shape index (κ3) is 3.83. The Kier molecular flexibility index (Phi) is 5.36. The van der Waals surface area contributed by atoms with Crippen LogP contribution in [0.5, 0.6) is 0 Å². The fraction of sp³-hybridized carbons (Fsp3) is 0.0952. The first kappa shape index (κ1) is 20.2. The Bertz CT molecular complexity index is 1350. The number of aromatic nitrogens is 3. The minimum atomic E-state index is -4.04. The van der Waals surface area contributed by atoms with Crippen molar-refractivity contribution in [2.75, 3.05) is 0 Å². The van der Waals surface area contributed by atoms with Crippen LogP contribution < -0.4 is 0 Å². The molecule has 152 valence electrons. The average Bonchev–Trinajstić information content (AvgIpc) is 3.22. The van der Waals surface area contributed by atoms with Crippen molar-refractivity contribution in [2.24, 2.45) is 0 Å². The summed E-state index contributed by atoms with van der Waals surface area (Å²) in [6, 6.07) is 9.86. The number of hydrogen-bond donors (Lipinski definition) is 0. The lowest BCUT2D eigenvalue weighted by molar-refractivity contribution is 0.0982. The molecule has 30 heavy (non-hydrogen) atoms. The molecule has 4 aromatic rings. The van der Waals surface area contributed by atoms with E-state index in [-0.39, 0.29) is 22.1 Å². The Morgan fingerprint density at radius 3 is 2.63 bits per heavy atom. The molecule has 0 N–H and O–H groups in total. The fourth-order valence-corrected chi connectivity index (χ4v) is 4.60. The van der Waals surface area contributed by atoms with Crippen molar-refractivity contribution in [1.82, 2.24) is 14.4 Å². The number of fused-ring (bicyclic) bond motifs is 1. The highest BCUT2D eigenvalue weighted by Gasteiger charge is 2.23. The van der Waals surface area contributed by atoms with Gasteiger partial charge in [-0.15, -0.1) is 0 Å². The number of benzene rings is 2. The van der Waals surface area contributed by atoms with E-state index in [1.807, 2.05) is 0 Å². The first-order valence-electron chi connectivity index (χ1n) is 8.96. The number of Topliss-reactive ketones (excluding diaryl/α,β-unsaturated/α-hetero) is 1. The van der Waals surface area contributed by atoms with Crippen LogP contribution in [0, 0.1) is 5.82 Å². The standard InChI is InChI=1S/C21H15ClFN3O3S/c22-17-2-1-3-19(20(17)23)30(28,29)16-7-4-14(5-8-16)6-9-18(27)15-12-25-21-24-10-11-26(21)13-15/h1-5,7-8,10-13H,6,9H2. The minimum Gasteiger partial charge on any atom is -0.294 e. The predicted molar refractivity (Wildman–Crippen MR) is 109 cm³/mol. The van der Waals surface area contributed by atoms with Gasteiger partial charge in [-0.3, -0.25) is 9.20 Å². The molecule has 0 amide bonds. The fourth-order valence-electron chi connectivity index (χ4n) is 3.02. The second-order valence-corrected chi connectivity index (χ2v) is 8.92. The van der Waals surface area contributed by atoms with Crippen molar-refractivity contribution in [2.45, 2.75) is 22.6 Å². The summed E-state index contributed by atoms with van der Waals surface area (Å²) >= 11 is 5.70. The van der Waals surface area contributed by atoms with E-state index in [4.69, 9.17) is 11.6 Å². The highest BCUT2D eigenvalue weighted by Crippen LogP contribution is 2.27. The van der Waals surface area contributed by atoms with E-state index >= 15 is 0 Å². The summed E-state index contributed by atoms with van der Waals surface area (Å²) in [5.74, 6) is -0.549. The molecule has 0 aliphatic rings. The summed E-state index contributed by atoms with van der Waals surface area (Å²) in [6.07, 6.45) is 7.12. The maximum Gasteiger partial charge on any atom is 0.233 e. The SMILES string of the molecule is O=C(CCc1ccc(S(=O)(=O)c2cccc(Cl)c2F)cc1)c1cnc2nccn2c1. The molecule has 0 aliphatic heterocycles. The summed E-state index contributed by atoms with van der Waals surface area (Å²) in [5.41, 5.74) is 1.25.